The molecule has 1 aromatic heterocycles. The molecule has 2 aromatic carbocycles. The average Bonchev–Trinajstić information content (AvgIpc) is 3.28. The van der Waals surface area contributed by atoms with Gasteiger partial charge in [0.1, 0.15) is 6.33 Å². The number of aryl methyl sites for hydroxylation is 1. The van der Waals surface area contributed by atoms with E-state index in [9.17, 15) is 9.90 Å². The molecule has 10 heteroatoms. The molecule has 4 rings (SSSR count). The van der Waals surface area contributed by atoms with Crippen LogP contribution >= 0.6 is 11.8 Å². The number of nitrogens with zero attached hydrogens (tertiary/aromatic N) is 3. The van der Waals surface area contributed by atoms with E-state index in [0.29, 0.717) is 24.4 Å². The number of aromatic nitrogens is 3. The summed E-state index contributed by atoms with van der Waals surface area (Å²) in [6.45, 7) is 2.43. The Balaban J connectivity index is 1.50. The normalized spacial score (nSPS) is 20.1. The van der Waals surface area contributed by atoms with Crippen LogP contribution in [-0.4, -0.2) is 44.3 Å². The molecule has 3 atom stereocenters. The molecule has 0 unspecified atom stereocenters. The first-order valence-electron chi connectivity index (χ1n) is 11.2. The van der Waals surface area contributed by atoms with Crippen LogP contribution in [0.2, 0.25) is 0 Å². The van der Waals surface area contributed by atoms with E-state index in [1.807, 2.05) is 67.1 Å². The lowest BCUT2D eigenvalue weighted by Gasteiger charge is -2.36. The predicted molar refractivity (Wildman–Crippen MR) is 129 cm³/mol. The summed E-state index contributed by atoms with van der Waals surface area (Å²) in [5.41, 5.74) is 3.45. The third-order valence-electron chi connectivity index (χ3n) is 5.46. The lowest BCUT2D eigenvalue weighted by molar-refractivity contribution is -0.245. The Bertz CT molecular complexity index is 1070. The van der Waals surface area contributed by atoms with Crippen LogP contribution in [0, 0.1) is 0 Å². The fourth-order valence-corrected chi connectivity index (χ4v) is 4.56. The molecule has 0 radical (unpaired) electrons. The number of aliphatic hydroxyl groups is 1. The molecule has 0 bridgehead atoms. The first-order valence-corrected chi connectivity index (χ1v) is 12.2. The maximum atomic E-state index is 11.8. The Morgan fingerprint density at radius 1 is 1.15 bits per heavy atom. The van der Waals surface area contributed by atoms with Gasteiger partial charge in [0.2, 0.25) is 0 Å². The van der Waals surface area contributed by atoms with Gasteiger partial charge in [-0.2, -0.15) is 0 Å². The van der Waals surface area contributed by atoms with Crippen molar-refractivity contribution in [2.75, 3.05) is 17.6 Å². The van der Waals surface area contributed by atoms with Crippen molar-refractivity contribution in [3.05, 3.63) is 71.5 Å². The Kier molecular flexibility index (Phi) is 8.17. The molecule has 1 fully saturated rings. The van der Waals surface area contributed by atoms with Crippen LogP contribution in [0.3, 0.4) is 0 Å². The molecule has 2 heterocycles. The van der Waals surface area contributed by atoms with Crippen molar-refractivity contribution in [3.63, 3.8) is 0 Å². The average molecular weight is 484 g/mol. The summed E-state index contributed by atoms with van der Waals surface area (Å²) in [7, 11) is 1.91. The molecule has 2 amide bonds. The van der Waals surface area contributed by atoms with Crippen LogP contribution < -0.4 is 10.6 Å². The van der Waals surface area contributed by atoms with Crippen molar-refractivity contribution in [3.8, 4) is 0 Å². The zero-order chi connectivity index (χ0) is 23.9. The summed E-state index contributed by atoms with van der Waals surface area (Å²) < 4.78 is 14.6. The molecule has 0 saturated carbocycles. The number of amides is 2. The molecule has 180 valence electrons. The SMILES string of the molecule is CCNC(=O)Nc1ccc([C@@H]2O[C@H](CSc3nncn3C)C[C@H](c3ccc(CO)cc3)O2)cc1. The minimum Gasteiger partial charge on any atom is -0.392 e. The number of rotatable bonds is 8. The van der Waals surface area contributed by atoms with E-state index in [1.54, 1.807) is 18.1 Å². The maximum Gasteiger partial charge on any atom is 0.319 e. The summed E-state index contributed by atoms with van der Waals surface area (Å²) in [5.74, 6) is 0.703. The van der Waals surface area contributed by atoms with Crippen molar-refractivity contribution in [2.24, 2.45) is 7.05 Å². The third kappa shape index (κ3) is 6.15. The van der Waals surface area contributed by atoms with E-state index in [1.165, 1.54) is 0 Å². The fraction of sp³-hybridized carbons (Fsp3) is 0.375. The quantitative estimate of drug-likeness (QED) is 0.418. The summed E-state index contributed by atoms with van der Waals surface area (Å²) in [4.78, 5) is 11.8. The summed E-state index contributed by atoms with van der Waals surface area (Å²) in [6.07, 6.45) is 1.58. The monoisotopic (exact) mass is 483 g/mol. The van der Waals surface area contributed by atoms with Gasteiger partial charge in [-0.25, -0.2) is 4.79 Å². The summed E-state index contributed by atoms with van der Waals surface area (Å²) in [6, 6.07) is 15.0. The zero-order valence-electron chi connectivity index (χ0n) is 19.2. The minimum atomic E-state index is -0.556. The van der Waals surface area contributed by atoms with Gasteiger partial charge < -0.3 is 29.8 Å². The lowest BCUT2D eigenvalue weighted by Crippen LogP contribution is -2.31. The van der Waals surface area contributed by atoms with Gasteiger partial charge in [-0.05, 0) is 30.2 Å². The Morgan fingerprint density at radius 2 is 1.88 bits per heavy atom. The first kappa shape index (κ1) is 24.2. The second-order valence-electron chi connectivity index (χ2n) is 7.99. The van der Waals surface area contributed by atoms with Gasteiger partial charge in [0.15, 0.2) is 11.4 Å². The number of aliphatic hydroxyl groups excluding tert-OH is 1. The van der Waals surface area contributed by atoms with Gasteiger partial charge in [-0.15, -0.1) is 10.2 Å². The highest BCUT2D eigenvalue weighted by Crippen LogP contribution is 2.39. The number of carbonyl (C=O) groups excluding carboxylic acids is 1. The van der Waals surface area contributed by atoms with Gasteiger partial charge >= 0.3 is 6.03 Å². The highest BCUT2D eigenvalue weighted by Gasteiger charge is 2.32. The summed E-state index contributed by atoms with van der Waals surface area (Å²) >= 11 is 1.60. The second-order valence-corrected chi connectivity index (χ2v) is 8.98. The molecule has 34 heavy (non-hydrogen) atoms. The molecule has 3 N–H and O–H groups in total. The molecule has 1 aliphatic rings. The Morgan fingerprint density at radius 3 is 2.53 bits per heavy atom. The van der Waals surface area contributed by atoms with Crippen molar-refractivity contribution in [1.29, 1.82) is 0 Å². The smallest absolute Gasteiger partial charge is 0.319 e. The number of urea groups is 1. The molecule has 1 aliphatic heterocycles. The van der Waals surface area contributed by atoms with Crippen LogP contribution in [0.15, 0.2) is 60.0 Å². The highest BCUT2D eigenvalue weighted by molar-refractivity contribution is 7.99. The Hall–Kier alpha value is -2.92. The zero-order valence-corrected chi connectivity index (χ0v) is 20.0. The standard InChI is InChI=1S/C24H29N5O4S/c1-3-25-23(31)27-19-10-8-18(9-11-19)22-32-20(14-34-24-28-26-15-29(24)2)12-21(33-22)17-6-4-16(13-30)5-7-17/h4-11,15,20-22,30H,3,12-14H2,1-2H3,(H2,25,27,31)/t20-,21+,22+/m0/s1. The number of nitrogens with one attached hydrogen (secondary N) is 2. The van der Waals surface area contributed by atoms with Gasteiger partial charge in [0.05, 0.1) is 18.8 Å². The van der Waals surface area contributed by atoms with Crippen LogP contribution in [0.25, 0.3) is 0 Å². The van der Waals surface area contributed by atoms with E-state index >= 15 is 0 Å². The molecule has 9 nitrogen and oxygen atoms in total. The molecule has 0 spiro atoms. The number of carbonyl (C=O) groups is 1. The number of anilines is 1. The number of hydrogen-bond acceptors (Lipinski definition) is 7. The molecule has 3 aromatic rings. The number of hydrogen-bond donors (Lipinski definition) is 3. The fourth-order valence-electron chi connectivity index (χ4n) is 3.65. The van der Waals surface area contributed by atoms with Crippen molar-refractivity contribution >= 4 is 23.5 Å². The molecular weight excluding hydrogens is 454 g/mol. The van der Waals surface area contributed by atoms with Crippen molar-refractivity contribution < 1.29 is 19.4 Å². The number of benzene rings is 2. The molecule has 1 saturated heterocycles. The van der Waals surface area contributed by atoms with E-state index in [-0.39, 0.29) is 24.8 Å². The number of ether oxygens (including phenoxy) is 2. The molecular formula is C24H29N5O4S. The lowest BCUT2D eigenvalue weighted by atomic mass is 10.0. The van der Waals surface area contributed by atoms with Crippen LogP contribution in [0.4, 0.5) is 10.5 Å². The van der Waals surface area contributed by atoms with Crippen molar-refractivity contribution in [2.45, 2.75) is 43.6 Å². The van der Waals surface area contributed by atoms with Crippen LogP contribution in [-0.2, 0) is 23.1 Å². The van der Waals surface area contributed by atoms with Crippen LogP contribution in [0.5, 0.6) is 0 Å². The van der Waals surface area contributed by atoms with E-state index in [2.05, 4.69) is 20.8 Å². The van der Waals surface area contributed by atoms with E-state index in [0.717, 1.165) is 21.8 Å². The third-order valence-corrected chi connectivity index (χ3v) is 6.63. The van der Waals surface area contributed by atoms with Crippen molar-refractivity contribution in [1.82, 2.24) is 20.1 Å². The predicted octanol–water partition coefficient (Wildman–Crippen LogP) is 3.79. The van der Waals surface area contributed by atoms with Gasteiger partial charge in [-0.1, -0.05) is 48.2 Å². The number of thioether (sulfide) groups is 1. The first-order chi connectivity index (χ1) is 16.6. The van der Waals surface area contributed by atoms with Gasteiger partial charge in [0, 0.05) is 37.0 Å². The Labute approximate surface area is 202 Å². The minimum absolute atomic E-state index is 0.00513. The van der Waals surface area contributed by atoms with Gasteiger partial charge in [0.25, 0.3) is 0 Å². The summed E-state index contributed by atoms with van der Waals surface area (Å²) in [5, 5.41) is 23.8. The topological polar surface area (TPSA) is 111 Å². The molecule has 0 aliphatic carbocycles. The maximum absolute atomic E-state index is 11.8. The van der Waals surface area contributed by atoms with Crippen LogP contribution in [0.1, 0.15) is 42.4 Å². The van der Waals surface area contributed by atoms with E-state index < -0.39 is 6.29 Å². The van der Waals surface area contributed by atoms with Gasteiger partial charge in [-0.3, -0.25) is 0 Å². The van der Waals surface area contributed by atoms with E-state index in [4.69, 9.17) is 9.47 Å². The second kappa shape index (κ2) is 11.5. The largest absolute Gasteiger partial charge is 0.392 e. The highest BCUT2D eigenvalue weighted by atomic mass is 32.2.